The first-order chi connectivity index (χ1) is 9.66. The van der Waals surface area contributed by atoms with E-state index in [0.29, 0.717) is 12.3 Å². The number of hydrogen-bond acceptors (Lipinski definition) is 7. The van der Waals surface area contributed by atoms with Crippen molar-refractivity contribution in [3.05, 3.63) is 27.9 Å². The molecule has 2 aromatic heterocycles. The quantitative estimate of drug-likeness (QED) is 0.789. The normalized spacial score (nSPS) is 12.6. The number of nitrogens with zero attached hydrogens (tertiary/aromatic N) is 3. The maximum Gasteiger partial charge on any atom is 0.230 e. The van der Waals surface area contributed by atoms with Crippen LogP contribution in [-0.2, 0) is 4.79 Å². The fourth-order valence-electron chi connectivity index (χ4n) is 1.63. The number of nitrogens with one attached hydrogen (secondary N) is 1. The Morgan fingerprint density at radius 1 is 1.50 bits per heavy atom. The third-order valence-corrected chi connectivity index (χ3v) is 5.49. The number of thiophene rings is 1. The first kappa shape index (κ1) is 15.4. The van der Waals surface area contributed by atoms with Gasteiger partial charge in [-0.25, -0.2) is 0 Å². The molecule has 0 bridgehead atoms. The molecule has 108 valence electrons. The molecular formula is C12H16N4OS3. The topological polar surface area (TPSA) is 58.1 Å². The van der Waals surface area contributed by atoms with Crippen molar-refractivity contribution in [3.8, 4) is 0 Å². The summed E-state index contributed by atoms with van der Waals surface area (Å²) in [6, 6.07) is 4.34. The Balaban J connectivity index is 1.79. The lowest BCUT2D eigenvalue weighted by Crippen LogP contribution is -2.35. The average Bonchev–Trinajstić information content (AvgIpc) is 3.09. The maximum absolute atomic E-state index is 11.8. The third kappa shape index (κ3) is 4.55. The monoisotopic (exact) mass is 328 g/mol. The average molecular weight is 328 g/mol. The zero-order valence-corrected chi connectivity index (χ0v) is 13.7. The van der Waals surface area contributed by atoms with Crippen molar-refractivity contribution in [1.29, 1.82) is 0 Å². The molecule has 1 atom stereocenters. The minimum Gasteiger partial charge on any atom is -0.353 e. The highest BCUT2D eigenvalue weighted by Gasteiger charge is 2.16. The molecule has 0 radical (unpaired) electrons. The minimum absolute atomic E-state index is 0.0219. The van der Waals surface area contributed by atoms with Gasteiger partial charge in [-0.05, 0) is 25.5 Å². The molecule has 0 fully saturated rings. The van der Waals surface area contributed by atoms with Crippen molar-refractivity contribution < 1.29 is 4.79 Å². The second-order valence-electron chi connectivity index (χ2n) is 4.29. The SMILES string of the molecule is CN(C)C(CNC(=O)CSc1nncs1)c1cccs1. The van der Waals surface area contributed by atoms with Crippen LogP contribution in [0.3, 0.4) is 0 Å². The van der Waals surface area contributed by atoms with Gasteiger partial charge in [-0.1, -0.05) is 29.2 Å². The molecule has 2 rings (SSSR count). The molecule has 0 aliphatic carbocycles. The number of likely N-dealkylation sites (N-methyl/N-ethyl adjacent to an activating group) is 1. The molecule has 8 heteroatoms. The van der Waals surface area contributed by atoms with E-state index in [1.807, 2.05) is 20.2 Å². The van der Waals surface area contributed by atoms with Crippen LogP contribution < -0.4 is 5.32 Å². The fraction of sp³-hybridized carbons (Fsp3) is 0.417. The van der Waals surface area contributed by atoms with E-state index in [4.69, 9.17) is 0 Å². The second kappa shape index (κ2) is 7.72. The molecule has 0 saturated carbocycles. The molecule has 5 nitrogen and oxygen atoms in total. The third-order valence-electron chi connectivity index (χ3n) is 2.65. The summed E-state index contributed by atoms with van der Waals surface area (Å²) in [4.78, 5) is 15.2. The van der Waals surface area contributed by atoms with Crippen molar-refractivity contribution >= 4 is 40.3 Å². The number of rotatable bonds is 7. The summed E-state index contributed by atoms with van der Waals surface area (Å²) in [5.74, 6) is 0.397. The summed E-state index contributed by atoms with van der Waals surface area (Å²) in [7, 11) is 4.04. The van der Waals surface area contributed by atoms with Gasteiger partial charge in [0, 0.05) is 11.4 Å². The molecule has 20 heavy (non-hydrogen) atoms. The largest absolute Gasteiger partial charge is 0.353 e. The Morgan fingerprint density at radius 3 is 2.95 bits per heavy atom. The van der Waals surface area contributed by atoms with E-state index < -0.39 is 0 Å². The van der Waals surface area contributed by atoms with Crippen molar-refractivity contribution in [1.82, 2.24) is 20.4 Å². The van der Waals surface area contributed by atoms with Gasteiger partial charge in [0.25, 0.3) is 0 Å². The van der Waals surface area contributed by atoms with Gasteiger partial charge in [0.05, 0.1) is 11.8 Å². The minimum atomic E-state index is 0.0219. The number of aromatic nitrogens is 2. The van der Waals surface area contributed by atoms with Crippen LogP contribution in [0, 0.1) is 0 Å². The summed E-state index contributed by atoms with van der Waals surface area (Å²) < 4.78 is 0.822. The summed E-state index contributed by atoms with van der Waals surface area (Å²) in [6.45, 7) is 0.614. The van der Waals surface area contributed by atoms with Gasteiger partial charge in [-0.15, -0.1) is 21.5 Å². The van der Waals surface area contributed by atoms with E-state index in [2.05, 4.69) is 31.9 Å². The number of carbonyl (C=O) groups excluding carboxylic acids is 1. The van der Waals surface area contributed by atoms with Crippen LogP contribution >= 0.6 is 34.4 Å². The fourth-order valence-corrected chi connectivity index (χ4v) is 3.87. The van der Waals surface area contributed by atoms with Crippen molar-refractivity contribution in [2.75, 3.05) is 26.4 Å². The van der Waals surface area contributed by atoms with E-state index in [1.165, 1.54) is 28.0 Å². The summed E-state index contributed by atoms with van der Waals surface area (Å²) >= 11 is 4.57. The molecule has 0 aliphatic rings. The van der Waals surface area contributed by atoms with Crippen LogP contribution in [0.1, 0.15) is 10.9 Å². The highest BCUT2D eigenvalue weighted by Crippen LogP contribution is 2.22. The van der Waals surface area contributed by atoms with E-state index in [-0.39, 0.29) is 11.9 Å². The molecule has 1 N–H and O–H groups in total. The van der Waals surface area contributed by atoms with Crippen LogP contribution in [0.4, 0.5) is 0 Å². The first-order valence-corrected chi connectivity index (χ1v) is 8.77. The summed E-state index contributed by atoms with van der Waals surface area (Å²) in [5, 5.41) is 12.7. The van der Waals surface area contributed by atoms with E-state index >= 15 is 0 Å². The Kier molecular flexibility index (Phi) is 5.96. The smallest absolute Gasteiger partial charge is 0.230 e. The van der Waals surface area contributed by atoms with Crippen LogP contribution in [0.5, 0.6) is 0 Å². The van der Waals surface area contributed by atoms with Crippen molar-refractivity contribution in [2.24, 2.45) is 0 Å². The lowest BCUT2D eigenvalue weighted by Gasteiger charge is -2.23. The number of hydrogen-bond donors (Lipinski definition) is 1. The Labute approximate surface area is 130 Å². The lowest BCUT2D eigenvalue weighted by atomic mass is 10.2. The van der Waals surface area contributed by atoms with Gasteiger partial charge < -0.3 is 10.2 Å². The standard InChI is InChI=1S/C12H16N4OS3/c1-16(2)9(10-4-3-5-18-10)6-13-11(17)7-19-12-15-14-8-20-12/h3-5,8-9H,6-7H2,1-2H3,(H,13,17). The Bertz CT molecular complexity index is 513. The van der Waals surface area contributed by atoms with E-state index in [1.54, 1.807) is 16.8 Å². The molecule has 0 spiro atoms. The maximum atomic E-state index is 11.8. The van der Waals surface area contributed by atoms with E-state index in [0.717, 1.165) is 4.34 Å². The molecule has 1 amide bonds. The first-order valence-electron chi connectivity index (χ1n) is 6.02. The lowest BCUT2D eigenvalue weighted by molar-refractivity contribution is -0.118. The van der Waals surface area contributed by atoms with Crippen LogP contribution in [0.2, 0.25) is 0 Å². The van der Waals surface area contributed by atoms with Crippen molar-refractivity contribution in [2.45, 2.75) is 10.4 Å². The van der Waals surface area contributed by atoms with Gasteiger partial charge in [-0.2, -0.15) is 0 Å². The summed E-state index contributed by atoms with van der Waals surface area (Å²) in [6.07, 6.45) is 0. The predicted octanol–water partition coefficient (Wildman–Crippen LogP) is 2.11. The molecule has 0 aromatic carbocycles. The van der Waals surface area contributed by atoms with Gasteiger partial charge in [-0.3, -0.25) is 4.79 Å². The van der Waals surface area contributed by atoms with Gasteiger partial charge in [0.1, 0.15) is 5.51 Å². The second-order valence-corrected chi connectivity index (χ2v) is 7.33. The van der Waals surface area contributed by atoms with Crippen LogP contribution in [-0.4, -0.2) is 47.4 Å². The molecule has 0 saturated heterocycles. The number of amides is 1. The van der Waals surface area contributed by atoms with Crippen molar-refractivity contribution in [3.63, 3.8) is 0 Å². The predicted molar refractivity (Wildman–Crippen MR) is 84.4 cm³/mol. The Hall–Kier alpha value is -0.960. The molecular weight excluding hydrogens is 312 g/mol. The highest BCUT2D eigenvalue weighted by atomic mass is 32.2. The molecule has 1 unspecified atom stereocenters. The van der Waals surface area contributed by atoms with Gasteiger partial charge in [0.2, 0.25) is 5.91 Å². The Morgan fingerprint density at radius 2 is 2.35 bits per heavy atom. The van der Waals surface area contributed by atoms with Gasteiger partial charge in [0.15, 0.2) is 4.34 Å². The number of thioether (sulfide) groups is 1. The molecule has 0 aliphatic heterocycles. The van der Waals surface area contributed by atoms with Crippen LogP contribution in [0.15, 0.2) is 27.4 Å². The summed E-state index contributed by atoms with van der Waals surface area (Å²) in [5.41, 5.74) is 1.67. The molecule has 2 aromatic rings. The zero-order valence-electron chi connectivity index (χ0n) is 11.3. The van der Waals surface area contributed by atoms with E-state index in [9.17, 15) is 4.79 Å². The molecule has 2 heterocycles. The van der Waals surface area contributed by atoms with Crippen LogP contribution in [0.25, 0.3) is 0 Å². The van der Waals surface area contributed by atoms with Gasteiger partial charge >= 0.3 is 0 Å². The number of carbonyl (C=O) groups is 1. The zero-order chi connectivity index (χ0) is 14.4. The highest BCUT2D eigenvalue weighted by molar-refractivity contribution is 8.01.